The van der Waals surface area contributed by atoms with Crippen molar-refractivity contribution in [2.75, 3.05) is 38.3 Å². The monoisotopic (exact) mass is 248 g/mol. The molecule has 2 rings (SSSR count). The molecule has 0 spiro atoms. The highest BCUT2D eigenvalue weighted by atomic mass is 16.5. The lowest BCUT2D eigenvalue weighted by atomic mass is 10.1. The van der Waals surface area contributed by atoms with E-state index in [1.807, 2.05) is 31.0 Å². The number of aryl methyl sites for hydroxylation is 2. The number of carbonyl (C=O) groups excluding carboxylic acids is 1. The van der Waals surface area contributed by atoms with Crippen LogP contribution in [0.3, 0.4) is 0 Å². The van der Waals surface area contributed by atoms with E-state index in [4.69, 9.17) is 4.74 Å². The van der Waals surface area contributed by atoms with Gasteiger partial charge in [0.15, 0.2) is 0 Å². The predicted octanol–water partition coefficient (Wildman–Crippen LogP) is 2.19. The van der Waals surface area contributed by atoms with Crippen molar-refractivity contribution >= 4 is 11.7 Å². The molecule has 1 aliphatic heterocycles. The van der Waals surface area contributed by atoms with Gasteiger partial charge in [0.25, 0.3) is 0 Å². The molecule has 1 heterocycles. The van der Waals surface area contributed by atoms with Crippen LogP contribution in [-0.2, 0) is 4.74 Å². The summed E-state index contributed by atoms with van der Waals surface area (Å²) in [6.07, 6.45) is 0. The van der Waals surface area contributed by atoms with Gasteiger partial charge in [0.05, 0.1) is 13.2 Å². The molecule has 0 aromatic heterocycles. The summed E-state index contributed by atoms with van der Waals surface area (Å²) in [5.74, 6) is 0. The van der Waals surface area contributed by atoms with E-state index in [1.54, 1.807) is 4.90 Å². The second-order valence-corrected chi connectivity index (χ2v) is 4.73. The van der Waals surface area contributed by atoms with Crippen molar-refractivity contribution in [1.29, 1.82) is 0 Å². The summed E-state index contributed by atoms with van der Waals surface area (Å²) in [6.45, 7) is 6.70. The fourth-order valence-corrected chi connectivity index (χ4v) is 2.25. The van der Waals surface area contributed by atoms with Gasteiger partial charge in [0.2, 0.25) is 0 Å². The van der Waals surface area contributed by atoms with Gasteiger partial charge in [0.1, 0.15) is 0 Å². The molecule has 18 heavy (non-hydrogen) atoms. The number of rotatable bonds is 1. The maximum absolute atomic E-state index is 12.3. The quantitative estimate of drug-likeness (QED) is 0.763. The van der Waals surface area contributed by atoms with Gasteiger partial charge in [-0.15, -0.1) is 0 Å². The zero-order valence-corrected chi connectivity index (χ0v) is 11.3. The number of morpholine rings is 1. The average molecular weight is 248 g/mol. The van der Waals surface area contributed by atoms with E-state index >= 15 is 0 Å². The Morgan fingerprint density at radius 2 is 1.94 bits per heavy atom. The fourth-order valence-electron chi connectivity index (χ4n) is 2.25. The third-order valence-electron chi connectivity index (χ3n) is 3.28. The Morgan fingerprint density at radius 1 is 1.28 bits per heavy atom. The van der Waals surface area contributed by atoms with Crippen LogP contribution in [0, 0.1) is 13.8 Å². The Morgan fingerprint density at radius 3 is 2.56 bits per heavy atom. The smallest absolute Gasteiger partial charge is 0.324 e. The summed E-state index contributed by atoms with van der Waals surface area (Å²) in [5, 5.41) is 0. The summed E-state index contributed by atoms with van der Waals surface area (Å²) in [7, 11) is 1.83. The van der Waals surface area contributed by atoms with Gasteiger partial charge in [-0.2, -0.15) is 0 Å². The Balaban J connectivity index is 2.14. The number of hydrogen-bond acceptors (Lipinski definition) is 2. The molecule has 1 aromatic carbocycles. The number of amides is 2. The van der Waals surface area contributed by atoms with Crippen LogP contribution in [0.4, 0.5) is 10.5 Å². The van der Waals surface area contributed by atoms with Crippen LogP contribution in [0.5, 0.6) is 0 Å². The van der Waals surface area contributed by atoms with E-state index in [9.17, 15) is 4.79 Å². The second kappa shape index (κ2) is 5.40. The van der Waals surface area contributed by atoms with E-state index in [0.29, 0.717) is 26.3 Å². The molecule has 0 radical (unpaired) electrons. The van der Waals surface area contributed by atoms with Crippen molar-refractivity contribution in [3.8, 4) is 0 Å². The van der Waals surface area contributed by atoms with Crippen LogP contribution in [0.25, 0.3) is 0 Å². The lowest BCUT2D eigenvalue weighted by molar-refractivity contribution is 0.0551. The van der Waals surface area contributed by atoms with Crippen molar-refractivity contribution < 1.29 is 9.53 Å². The minimum absolute atomic E-state index is 0.0465. The van der Waals surface area contributed by atoms with Gasteiger partial charge in [-0.1, -0.05) is 17.7 Å². The first-order chi connectivity index (χ1) is 8.59. The molecule has 1 aliphatic rings. The van der Waals surface area contributed by atoms with Gasteiger partial charge >= 0.3 is 6.03 Å². The molecule has 0 aliphatic carbocycles. The predicted molar refractivity (Wildman–Crippen MR) is 72.1 cm³/mol. The van der Waals surface area contributed by atoms with Crippen LogP contribution in [0.1, 0.15) is 11.1 Å². The molecular formula is C14H20N2O2. The largest absolute Gasteiger partial charge is 0.378 e. The van der Waals surface area contributed by atoms with Gasteiger partial charge in [-0.05, 0) is 25.5 Å². The van der Waals surface area contributed by atoms with E-state index < -0.39 is 0 Å². The highest BCUT2D eigenvalue weighted by molar-refractivity contribution is 5.92. The van der Waals surface area contributed by atoms with Crippen molar-refractivity contribution in [3.05, 3.63) is 29.3 Å². The first-order valence-electron chi connectivity index (χ1n) is 6.27. The molecule has 0 N–H and O–H groups in total. The van der Waals surface area contributed by atoms with Crippen LogP contribution < -0.4 is 4.90 Å². The maximum atomic E-state index is 12.3. The van der Waals surface area contributed by atoms with Crippen molar-refractivity contribution in [2.45, 2.75) is 13.8 Å². The highest BCUT2D eigenvalue weighted by Crippen LogP contribution is 2.21. The molecule has 4 heteroatoms. The zero-order valence-electron chi connectivity index (χ0n) is 11.3. The molecule has 0 unspecified atom stereocenters. The van der Waals surface area contributed by atoms with Crippen LogP contribution >= 0.6 is 0 Å². The number of urea groups is 1. The molecule has 98 valence electrons. The number of ether oxygens (including phenoxy) is 1. The summed E-state index contributed by atoms with van der Waals surface area (Å²) < 4.78 is 5.26. The Bertz CT molecular complexity index is 439. The summed E-state index contributed by atoms with van der Waals surface area (Å²) in [5.41, 5.74) is 3.31. The third kappa shape index (κ3) is 2.64. The van der Waals surface area contributed by atoms with Crippen LogP contribution in [-0.4, -0.2) is 44.3 Å². The fraction of sp³-hybridized carbons (Fsp3) is 0.500. The van der Waals surface area contributed by atoms with E-state index in [1.165, 1.54) is 5.56 Å². The summed E-state index contributed by atoms with van der Waals surface area (Å²) >= 11 is 0. The minimum Gasteiger partial charge on any atom is -0.378 e. The summed E-state index contributed by atoms with van der Waals surface area (Å²) in [4.78, 5) is 15.9. The number of nitrogens with zero attached hydrogens (tertiary/aromatic N) is 2. The SMILES string of the molecule is Cc1ccc(N(C)C(=O)N2CCOCC2)c(C)c1. The standard InChI is InChI=1S/C14H20N2O2/c1-11-4-5-13(12(2)10-11)15(3)14(17)16-6-8-18-9-7-16/h4-5,10H,6-9H2,1-3H3. The first-order valence-corrected chi connectivity index (χ1v) is 6.27. The minimum atomic E-state index is 0.0465. The van der Waals surface area contributed by atoms with Crippen molar-refractivity contribution in [1.82, 2.24) is 4.90 Å². The maximum Gasteiger partial charge on any atom is 0.324 e. The van der Waals surface area contributed by atoms with Crippen LogP contribution in [0.15, 0.2) is 18.2 Å². The average Bonchev–Trinajstić information content (AvgIpc) is 2.38. The molecule has 0 bridgehead atoms. The Kier molecular flexibility index (Phi) is 3.87. The number of carbonyl (C=O) groups is 1. The van der Waals surface area contributed by atoms with Gasteiger partial charge in [-0.25, -0.2) is 4.79 Å². The molecule has 1 fully saturated rings. The second-order valence-electron chi connectivity index (χ2n) is 4.73. The third-order valence-corrected chi connectivity index (χ3v) is 3.28. The van der Waals surface area contributed by atoms with Crippen molar-refractivity contribution in [3.63, 3.8) is 0 Å². The molecule has 1 aromatic rings. The molecular weight excluding hydrogens is 228 g/mol. The Hall–Kier alpha value is -1.55. The molecule has 0 saturated carbocycles. The van der Waals surface area contributed by atoms with Crippen LogP contribution in [0.2, 0.25) is 0 Å². The Labute approximate surface area is 108 Å². The lowest BCUT2D eigenvalue weighted by Gasteiger charge is -2.31. The van der Waals surface area contributed by atoms with E-state index in [0.717, 1.165) is 11.3 Å². The number of hydrogen-bond donors (Lipinski definition) is 0. The van der Waals surface area contributed by atoms with E-state index in [2.05, 4.69) is 13.0 Å². The lowest BCUT2D eigenvalue weighted by Crippen LogP contribution is -2.47. The number of anilines is 1. The summed E-state index contributed by atoms with van der Waals surface area (Å²) in [6, 6.07) is 6.18. The van der Waals surface area contributed by atoms with Gasteiger partial charge < -0.3 is 9.64 Å². The normalized spacial score (nSPS) is 15.6. The van der Waals surface area contributed by atoms with E-state index in [-0.39, 0.29) is 6.03 Å². The highest BCUT2D eigenvalue weighted by Gasteiger charge is 2.21. The zero-order chi connectivity index (χ0) is 13.1. The first kappa shape index (κ1) is 12.9. The number of benzene rings is 1. The molecule has 2 amide bonds. The van der Waals surface area contributed by atoms with Gasteiger partial charge in [0, 0.05) is 25.8 Å². The topological polar surface area (TPSA) is 32.8 Å². The van der Waals surface area contributed by atoms with Gasteiger partial charge in [-0.3, -0.25) is 4.90 Å². The van der Waals surface area contributed by atoms with Crippen molar-refractivity contribution in [2.24, 2.45) is 0 Å². The molecule has 1 saturated heterocycles. The molecule has 0 atom stereocenters. The molecule has 4 nitrogen and oxygen atoms in total.